The number of hydrogen-bond donors (Lipinski definition) is 2. The number of rotatable bonds is 1. The zero-order chi connectivity index (χ0) is 12.6. The molecule has 18 heavy (non-hydrogen) atoms. The maximum Gasteiger partial charge on any atom is 0.0641 e. The molecule has 0 bridgehead atoms. The second-order valence-electron chi connectivity index (χ2n) is 4.81. The van der Waals surface area contributed by atoms with Crippen LogP contribution in [-0.2, 0) is 5.54 Å². The van der Waals surface area contributed by atoms with E-state index in [2.05, 4.69) is 30.3 Å². The Hall–Kier alpha value is -2.06. The molecular formula is C16H16N2. The van der Waals surface area contributed by atoms with E-state index in [-0.39, 0.29) is 0 Å². The molecule has 0 aromatic heterocycles. The Morgan fingerprint density at radius 3 is 2.56 bits per heavy atom. The molecule has 90 valence electrons. The van der Waals surface area contributed by atoms with Crippen LogP contribution < -0.4 is 11.5 Å². The van der Waals surface area contributed by atoms with Crippen molar-refractivity contribution in [3.05, 3.63) is 72.0 Å². The smallest absolute Gasteiger partial charge is 0.0641 e. The number of fused-ring (bicyclic) bond motifs is 1. The van der Waals surface area contributed by atoms with Gasteiger partial charge in [0.1, 0.15) is 0 Å². The van der Waals surface area contributed by atoms with Crippen LogP contribution in [-0.4, -0.2) is 0 Å². The number of nitrogens with two attached hydrogens (primary N) is 2. The van der Waals surface area contributed by atoms with E-state index in [0.29, 0.717) is 0 Å². The minimum absolute atomic E-state index is 0.455. The van der Waals surface area contributed by atoms with Gasteiger partial charge in [0.2, 0.25) is 0 Å². The zero-order valence-electron chi connectivity index (χ0n) is 10.1. The molecule has 0 spiro atoms. The summed E-state index contributed by atoms with van der Waals surface area (Å²) in [5.41, 5.74) is 13.8. The Balaban J connectivity index is 2.18. The first kappa shape index (κ1) is 11.1. The predicted octanol–water partition coefficient (Wildman–Crippen LogP) is 2.80. The maximum atomic E-state index is 6.52. The van der Waals surface area contributed by atoms with Crippen LogP contribution in [0.5, 0.6) is 0 Å². The van der Waals surface area contributed by atoms with E-state index in [1.807, 2.05) is 30.4 Å². The van der Waals surface area contributed by atoms with Crippen LogP contribution in [0.2, 0.25) is 0 Å². The van der Waals surface area contributed by atoms with E-state index >= 15 is 0 Å². The van der Waals surface area contributed by atoms with E-state index in [0.717, 1.165) is 17.7 Å². The van der Waals surface area contributed by atoms with Gasteiger partial charge in [-0.25, -0.2) is 0 Å². The van der Waals surface area contributed by atoms with E-state index in [9.17, 15) is 0 Å². The monoisotopic (exact) mass is 236 g/mol. The standard InChI is InChI=1S/C16H16N2/c17-13-8-10-16(18,11-9-13)15-7-3-5-12-4-1-2-6-14(12)15/h1-10H,11,17-18H2. The largest absolute Gasteiger partial charge is 0.399 e. The first-order valence-corrected chi connectivity index (χ1v) is 6.11. The molecule has 0 fully saturated rings. The van der Waals surface area contributed by atoms with Crippen LogP contribution in [0.3, 0.4) is 0 Å². The van der Waals surface area contributed by atoms with Gasteiger partial charge in [0.15, 0.2) is 0 Å². The summed E-state index contributed by atoms with van der Waals surface area (Å²) in [6.07, 6.45) is 6.63. The first-order valence-electron chi connectivity index (χ1n) is 6.11. The summed E-state index contributed by atoms with van der Waals surface area (Å²) in [7, 11) is 0. The summed E-state index contributed by atoms with van der Waals surface area (Å²) in [6, 6.07) is 14.6. The topological polar surface area (TPSA) is 52.0 Å². The molecule has 0 saturated heterocycles. The molecule has 1 unspecified atom stereocenters. The van der Waals surface area contributed by atoms with Gasteiger partial charge in [0, 0.05) is 5.70 Å². The van der Waals surface area contributed by atoms with Crippen LogP contribution >= 0.6 is 0 Å². The summed E-state index contributed by atoms with van der Waals surface area (Å²) in [5.74, 6) is 0. The van der Waals surface area contributed by atoms with Crippen molar-refractivity contribution in [1.82, 2.24) is 0 Å². The minimum Gasteiger partial charge on any atom is -0.399 e. The molecule has 2 heteroatoms. The zero-order valence-corrected chi connectivity index (χ0v) is 10.1. The van der Waals surface area contributed by atoms with Crippen molar-refractivity contribution >= 4 is 10.8 Å². The van der Waals surface area contributed by atoms with Crippen LogP contribution in [0.4, 0.5) is 0 Å². The molecular weight excluding hydrogens is 220 g/mol. The third kappa shape index (κ3) is 1.71. The van der Waals surface area contributed by atoms with Crippen molar-refractivity contribution in [2.75, 3.05) is 0 Å². The van der Waals surface area contributed by atoms with Crippen LogP contribution in [0.25, 0.3) is 10.8 Å². The molecule has 1 aliphatic carbocycles. The highest BCUT2D eigenvalue weighted by molar-refractivity contribution is 5.87. The number of benzene rings is 2. The first-order chi connectivity index (χ1) is 8.69. The Labute approximate surface area is 107 Å². The van der Waals surface area contributed by atoms with Crippen LogP contribution in [0.1, 0.15) is 12.0 Å². The molecule has 0 aliphatic heterocycles. The van der Waals surface area contributed by atoms with Crippen LogP contribution in [0, 0.1) is 0 Å². The Morgan fingerprint density at radius 1 is 1.00 bits per heavy atom. The van der Waals surface area contributed by atoms with Crippen molar-refractivity contribution in [2.45, 2.75) is 12.0 Å². The van der Waals surface area contributed by atoms with Gasteiger partial charge in [-0.3, -0.25) is 0 Å². The molecule has 0 heterocycles. The van der Waals surface area contributed by atoms with Gasteiger partial charge in [-0.1, -0.05) is 54.6 Å². The summed E-state index contributed by atoms with van der Waals surface area (Å²) < 4.78 is 0. The highest BCUT2D eigenvalue weighted by Crippen LogP contribution is 2.33. The number of allylic oxidation sites excluding steroid dienone is 1. The maximum absolute atomic E-state index is 6.52. The fraction of sp³-hybridized carbons (Fsp3) is 0.125. The fourth-order valence-electron chi connectivity index (χ4n) is 2.50. The van der Waals surface area contributed by atoms with Gasteiger partial charge >= 0.3 is 0 Å². The molecule has 0 radical (unpaired) electrons. The second kappa shape index (κ2) is 4.00. The number of hydrogen-bond acceptors (Lipinski definition) is 2. The highest BCUT2D eigenvalue weighted by Gasteiger charge is 2.26. The molecule has 2 nitrogen and oxygen atoms in total. The predicted molar refractivity (Wildman–Crippen MR) is 75.8 cm³/mol. The van der Waals surface area contributed by atoms with Gasteiger partial charge in [0.25, 0.3) is 0 Å². The lowest BCUT2D eigenvalue weighted by Crippen LogP contribution is -2.35. The average molecular weight is 236 g/mol. The van der Waals surface area contributed by atoms with Crippen LogP contribution in [0.15, 0.2) is 66.4 Å². The van der Waals surface area contributed by atoms with Crippen molar-refractivity contribution in [3.8, 4) is 0 Å². The van der Waals surface area contributed by atoms with Gasteiger partial charge in [-0.15, -0.1) is 0 Å². The summed E-state index contributed by atoms with van der Waals surface area (Å²) in [5, 5.41) is 2.43. The van der Waals surface area contributed by atoms with Crippen molar-refractivity contribution < 1.29 is 0 Å². The lowest BCUT2D eigenvalue weighted by Gasteiger charge is -2.29. The molecule has 4 N–H and O–H groups in total. The SMILES string of the molecule is NC1=CCC(N)(c2cccc3ccccc23)C=C1. The average Bonchev–Trinajstić information content (AvgIpc) is 2.42. The third-order valence-corrected chi connectivity index (χ3v) is 3.54. The van der Waals surface area contributed by atoms with E-state index < -0.39 is 5.54 Å². The van der Waals surface area contributed by atoms with Gasteiger partial charge in [0.05, 0.1) is 5.54 Å². The quantitative estimate of drug-likeness (QED) is 0.800. The molecule has 3 rings (SSSR count). The van der Waals surface area contributed by atoms with Gasteiger partial charge in [-0.2, -0.15) is 0 Å². The Kier molecular flexibility index (Phi) is 2.46. The Morgan fingerprint density at radius 2 is 1.78 bits per heavy atom. The minimum atomic E-state index is -0.455. The fourth-order valence-corrected chi connectivity index (χ4v) is 2.50. The normalized spacial score (nSPS) is 23.1. The van der Waals surface area contributed by atoms with Gasteiger partial charge in [-0.05, 0) is 28.8 Å². The Bertz CT molecular complexity index is 650. The van der Waals surface area contributed by atoms with Crippen molar-refractivity contribution in [1.29, 1.82) is 0 Å². The van der Waals surface area contributed by atoms with E-state index in [1.165, 1.54) is 10.8 Å². The summed E-state index contributed by atoms with van der Waals surface area (Å²) >= 11 is 0. The highest BCUT2D eigenvalue weighted by atomic mass is 14.7. The molecule has 0 amide bonds. The lowest BCUT2D eigenvalue weighted by molar-refractivity contribution is 0.567. The molecule has 0 saturated carbocycles. The lowest BCUT2D eigenvalue weighted by atomic mass is 9.82. The van der Waals surface area contributed by atoms with Gasteiger partial charge < -0.3 is 11.5 Å². The molecule has 2 aromatic rings. The van der Waals surface area contributed by atoms with Crippen molar-refractivity contribution in [2.24, 2.45) is 11.5 Å². The van der Waals surface area contributed by atoms with E-state index in [1.54, 1.807) is 0 Å². The second-order valence-corrected chi connectivity index (χ2v) is 4.81. The molecule has 1 atom stereocenters. The summed E-state index contributed by atoms with van der Waals surface area (Å²) in [6.45, 7) is 0. The third-order valence-electron chi connectivity index (χ3n) is 3.54. The molecule has 2 aromatic carbocycles. The molecule has 1 aliphatic rings. The summed E-state index contributed by atoms with van der Waals surface area (Å²) in [4.78, 5) is 0. The van der Waals surface area contributed by atoms with Crippen molar-refractivity contribution in [3.63, 3.8) is 0 Å². The van der Waals surface area contributed by atoms with E-state index in [4.69, 9.17) is 11.5 Å².